The molecular weight excluding hydrogens is 330 g/mol. The Hall–Kier alpha value is -2.13. The lowest BCUT2D eigenvalue weighted by Gasteiger charge is -2.32. The fourth-order valence-electron chi connectivity index (χ4n) is 5.30. The molecule has 140 valence electrons. The summed E-state index contributed by atoms with van der Waals surface area (Å²) in [5.41, 5.74) is 6.83. The van der Waals surface area contributed by atoms with Crippen molar-refractivity contribution in [1.82, 2.24) is 14.9 Å². The number of benzene rings is 2. The molecule has 2 aliphatic carbocycles. The molecule has 2 aliphatic rings. The normalized spacial score (nSPS) is 23.0. The summed E-state index contributed by atoms with van der Waals surface area (Å²) >= 11 is 0. The van der Waals surface area contributed by atoms with Gasteiger partial charge in [0.1, 0.15) is 5.82 Å². The van der Waals surface area contributed by atoms with E-state index in [0.717, 1.165) is 5.52 Å². The first-order valence-corrected chi connectivity index (χ1v) is 10.5. The highest BCUT2D eigenvalue weighted by atomic mass is 15.1. The minimum Gasteiger partial charge on any atom is -0.325 e. The van der Waals surface area contributed by atoms with Crippen LogP contribution < -0.4 is 5.32 Å². The van der Waals surface area contributed by atoms with Crippen molar-refractivity contribution >= 4 is 11.0 Å². The Kier molecular flexibility index (Phi) is 4.28. The average molecular weight is 360 g/mol. The maximum absolute atomic E-state index is 4.82. The Bertz CT molecular complexity index is 938. The van der Waals surface area contributed by atoms with E-state index < -0.39 is 0 Å². The van der Waals surface area contributed by atoms with E-state index in [1.54, 1.807) is 11.1 Å². The van der Waals surface area contributed by atoms with Gasteiger partial charge in [0.15, 0.2) is 0 Å². The zero-order valence-electron chi connectivity index (χ0n) is 16.4. The van der Waals surface area contributed by atoms with E-state index in [1.807, 2.05) is 0 Å². The summed E-state index contributed by atoms with van der Waals surface area (Å²) in [6.45, 7) is 4.31. The zero-order valence-corrected chi connectivity index (χ0v) is 16.4. The van der Waals surface area contributed by atoms with Crippen LogP contribution in [0.3, 0.4) is 0 Å². The molecule has 1 N–H and O–H groups in total. The van der Waals surface area contributed by atoms with Crippen LogP contribution in [0, 0.1) is 13.8 Å². The van der Waals surface area contributed by atoms with Crippen LogP contribution in [0.15, 0.2) is 42.5 Å². The van der Waals surface area contributed by atoms with Gasteiger partial charge in [-0.1, -0.05) is 30.3 Å². The van der Waals surface area contributed by atoms with Gasteiger partial charge in [-0.2, -0.15) is 0 Å². The van der Waals surface area contributed by atoms with Crippen LogP contribution in [0.4, 0.5) is 0 Å². The number of imidazole rings is 1. The molecule has 1 aromatic heterocycles. The second-order valence-corrected chi connectivity index (χ2v) is 8.57. The second kappa shape index (κ2) is 6.79. The molecular formula is C24H29N3. The molecule has 0 bridgehead atoms. The number of aryl methyl sites for hydroxylation is 2. The summed E-state index contributed by atoms with van der Waals surface area (Å²) in [5, 5.41) is 3.96. The van der Waals surface area contributed by atoms with E-state index in [4.69, 9.17) is 4.98 Å². The number of fused-ring (bicyclic) bond motifs is 2. The highest BCUT2D eigenvalue weighted by Crippen LogP contribution is 2.33. The molecule has 27 heavy (non-hydrogen) atoms. The standard InChI is InChI=1S/C24H29N3/c1-16-7-12-24-23(13-16)25-17(2)27(24)22-10-8-20(9-11-22)26-21-14-18-5-3-4-6-19(18)15-21/h3-7,12-13,20-22,26H,8-11,14-15H2,1-2H3/t20-,22+. The molecule has 1 saturated carbocycles. The molecule has 0 unspecified atom stereocenters. The highest BCUT2D eigenvalue weighted by Gasteiger charge is 2.28. The molecule has 0 atom stereocenters. The van der Waals surface area contributed by atoms with Crippen molar-refractivity contribution in [1.29, 1.82) is 0 Å². The Morgan fingerprint density at radius 3 is 2.30 bits per heavy atom. The third-order valence-corrected chi connectivity index (χ3v) is 6.61. The SMILES string of the molecule is Cc1ccc2c(c1)nc(C)n2[C@H]1CC[C@@H](NC2Cc3ccccc3C2)CC1. The molecule has 1 heterocycles. The molecule has 0 amide bonds. The predicted molar refractivity (Wildman–Crippen MR) is 111 cm³/mol. The highest BCUT2D eigenvalue weighted by molar-refractivity contribution is 5.77. The van der Waals surface area contributed by atoms with Crippen LogP contribution in [-0.2, 0) is 12.8 Å². The van der Waals surface area contributed by atoms with Crippen molar-refractivity contribution < 1.29 is 0 Å². The van der Waals surface area contributed by atoms with Crippen molar-refractivity contribution in [3.8, 4) is 0 Å². The van der Waals surface area contributed by atoms with Gasteiger partial charge < -0.3 is 9.88 Å². The number of hydrogen-bond donors (Lipinski definition) is 1. The molecule has 5 rings (SSSR count). The zero-order chi connectivity index (χ0) is 18.4. The quantitative estimate of drug-likeness (QED) is 0.721. The smallest absolute Gasteiger partial charge is 0.106 e. The largest absolute Gasteiger partial charge is 0.325 e. The number of aromatic nitrogens is 2. The monoisotopic (exact) mass is 359 g/mol. The maximum Gasteiger partial charge on any atom is 0.106 e. The molecule has 0 saturated heterocycles. The van der Waals surface area contributed by atoms with E-state index >= 15 is 0 Å². The van der Waals surface area contributed by atoms with Gasteiger partial charge in [-0.05, 0) is 81.2 Å². The first kappa shape index (κ1) is 17.0. The van der Waals surface area contributed by atoms with Crippen LogP contribution in [0.25, 0.3) is 11.0 Å². The number of hydrogen-bond acceptors (Lipinski definition) is 2. The van der Waals surface area contributed by atoms with Crippen LogP contribution >= 0.6 is 0 Å². The summed E-state index contributed by atoms with van der Waals surface area (Å²) in [7, 11) is 0. The topological polar surface area (TPSA) is 29.9 Å². The second-order valence-electron chi connectivity index (χ2n) is 8.57. The van der Waals surface area contributed by atoms with Gasteiger partial charge in [0.2, 0.25) is 0 Å². The summed E-state index contributed by atoms with van der Waals surface area (Å²) in [6, 6.07) is 17.5. The van der Waals surface area contributed by atoms with E-state index in [9.17, 15) is 0 Å². The Morgan fingerprint density at radius 1 is 0.889 bits per heavy atom. The van der Waals surface area contributed by atoms with Gasteiger partial charge >= 0.3 is 0 Å². The van der Waals surface area contributed by atoms with Crippen molar-refractivity contribution in [2.24, 2.45) is 0 Å². The Morgan fingerprint density at radius 2 is 1.59 bits per heavy atom. The lowest BCUT2D eigenvalue weighted by Crippen LogP contribution is -2.41. The van der Waals surface area contributed by atoms with Gasteiger partial charge in [-0.3, -0.25) is 0 Å². The van der Waals surface area contributed by atoms with Gasteiger partial charge in [0, 0.05) is 18.1 Å². The number of nitrogens with zero attached hydrogens (tertiary/aromatic N) is 2. The van der Waals surface area contributed by atoms with Crippen molar-refractivity contribution in [3.05, 3.63) is 65.0 Å². The third-order valence-electron chi connectivity index (χ3n) is 6.61. The van der Waals surface area contributed by atoms with E-state index in [2.05, 4.69) is 66.2 Å². The van der Waals surface area contributed by atoms with Gasteiger partial charge in [0.25, 0.3) is 0 Å². The van der Waals surface area contributed by atoms with Crippen LogP contribution in [0.2, 0.25) is 0 Å². The summed E-state index contributed by atoms with van der Waals surface area (Å²) in [6.07, 6.45) is 7.42. The molecule has 0 spiro atoms. The van der Waals surface area contributed by atoms with E-state index in [-0.39, 0.29) is 0 Å². The minimum absolute atomic E-state index is 0.594. The molecule has 3 heteroatoms. The molecule has 1 fully saturated rings. The lowest BCUT2D eigenvalue weighted by molar-refractivity contribution is 0.276. The molecule has 3 nitrogen and oxygen atoms in total. The van der Waals surface area contributed by atoms with Gasteiger partial charge in [-0.25, -0.2) is 4.98 Å². The summed E-state index contributed by atoms with van der Waals surface area (Å²) in [4.78, 5) is 4.82. The Labute approximate surface area is 161 Å². The number of rotatable bonds is 3. The van der Waals surface area contributed by atoms with Crippen LogP contribution in [0.5, 0.6) is 0 Å². The molecule has 0 radical (unpaired) electrons. The molecule has 2 aromatic carbocycles. The average Bonchev–Trinajstić information content (AvgIpc) is 3.21. The van der Waals surface area contributed by atoms with E-state index in [0.29, 0.717) is 18.1 Å². The van der Waals surface area contributed by atoms with Gasteiger partial charge in [-0.15, -0.1) is 0 Å². The summed E-state index contributed by atoms with van der Waals surface area (Å²) < 4.78 is 2.50. The summed E-state index contributed by atoms with van der Waals surface area (Å²) in [5.74, 6) is 1.17. The maximum atomic E-state index is 4.82. The van der Waals surface area contributed by atoms with Crippen LogP contribution in [-0.4, -0.2) is 21.6 Å². The van der Waals surface area contributed by atoms with E-state index in [1.165, 1.54) is 55.4 Å². The minimum atomic E-state index is 0.594. The molecule has 3 aromatic rings. The fraction of sp³-hybridized carbons (Fsp3) is 0.458. The predicted octanol–water partition coefficient (Wildman–Crippen LogP) is 4.89. The van der Waals surface area contributed by atoms with Crippen LogP contribution in [0.1, 0.15) is 54.2 Å². The van der Waals surface area contributed by atoms with Gasteiger partial charge in [0.05, 0.1) is 11.0 Å². The van der Waals surface area contributed by atoms with Crippen molar-refractivity contribution in [2.75, 3.05) is 0 Å². The van der Waals surface area contributed by atoms with Crippen molar-refractivity contribution in [2.45, 2.75) is 70.5 Å². The lowest BCUT2D eigenvalue weighted by atomic mass is 9.90. The first-order valence-electron chi connectivity index (χ1n) is 10.5. The Balaban J connectivity index is 1.24. The fourth-order valence-corrected chi connectivity index (χ4v) is 5.30. The molecule has 0 aliphatic heterocycles. The third kappa shape index (κ3) is 3.19. The first-order chi connectivity index (χ1) is 13.2. The number of nitrogens with one attached hydrogen (secondary N) is 1. The van der Waals surface area contributed by atoms with Crippen molar-refractivity contribution in [3.63, 3.8) is 0 Å².